The predicted molar refractivity (Wildman–Crippen MR) is 110 cm³/mol. The monoisotopic (exact) mass is 469 g/mol. The number of amides is 1. The van der Waals surface area contributed by atoms with Crippen molar-refractivity contribution in [1.82, 2.24) is 19.6 Å². The molecule has 0 unspecified atom stereocenters. The van der Waals surface area contributed by atoms with Gasteiger partial charge in [-0.25, -0.2) is 4.39 Å². The average Bonchev–Trinajstić information content (AvgIpc) is 3.40. The summed E-state index contributed by atoms with van der Waals surface area (Å²) in [7, 11) is 0. The lowest BCUT2D eigenvalue weighted by Gasteiger charge is -2.10. The summed E-state index contributed by atoms with van der Waals surface area (Å²) >= 11 is 6.09. The lowest BCUT2D eigenvalue weighted by molar-refractivity contribution is -0.141. The average molecular weight is 470 g/mol. The number of benzene rings is 1. The first-order valence-electron chi connectivity index (χ1n) is 9.95. The standard InChI is InChI=1S/C21H20ClF4N5O/c1-11-20(12(2)30(28-11)9-14-5-6-15(23)7-16(14)22)27-19(32)10-31-17(13-3-4-13)8-18(29-31)21(24,25)26/h5-8,13H,3-4,9-10H2,1-2H3,(H,27,32). The van der Waals surface area contributed by atoms with E-state index in [0.29, 0.717) is 28.3 Å². The SMILES string of the molecule is Cc1nn(Cc2ccc(F)cc2Cl)c(C)c1NC(=O)Cn1nc(C(F)(F)F)cc1C1CC1. The van der Waals surface area contributed by atoms with Crippen molar-refractivity contribution in [3.05, 3.63) is 63.4 Å². The van der Waals surface area contributed by atoms with Crippen molar-refractivity contribution in [3.63, 3.8) is 0 Å². The minimum atomic E-state index is -4.57. The molecule has 0 spiro atoms. The van der Waals surface area contributed by atoms with Crippen molar-refractivity contribution >= 4 is 23.2 Å². The number of hydrogen-bond donors (Lipinski definition) is 1. The second kappa shape index (κ2) is 8.23. The smallest absolute Gasteiger partial charge is 0.321 e. The Hall–Kier alpha value is -2.88. The van der Waals surface area contributed by atoms with E-state index in [9.17, 15) is 22.4 Å². The second-order valence-electron chi connectivity index (χ2n) is 7.87. The van der Waals surface area contributed by atoms with Crippen molar-refractivity contribution in [1.29, 1.82) is 0 Å². The van der Waals surface area contributed by atoms with Crippen molar-refractivity contribution < 1.29 is 22.4 Å². The van der Waals surface area contributed by atoms with Gasteiger partial charge < -0.3 is 5.32 Å². The number of rotatable bonds is 6. The van der Waals surface area contributed by atoms with Gasteiger partial charge in [0.15, 0.2) is 5.69 Å². The molecule has 0 radical (unpaired) electrons. The summed E-state index contributed by atoms with van der Waals surface area (Å²) < 4.78 is 55.2. The number of nitrogens with one attached hydrogen (secondary N) is 1. The van der Waals surface area contributed by atoms with Crippen LogP contribution in [0, 0.1) is 19.7 Å². The zero-order valence-corrected chi connectivity index (χ0v) is 18.1. The summed E-state index contributed by atoms with van der Waals surface area (Å²) in [5, 5.41) is 11.0. The fourth-order valence-electron chi connectivity index (χ4n) is 3.56. The maximum Gasteiger partial charge on any atom is 0.435 e. The maximum absolute atomic E-state index is 13.3. The van der Waals surface area contributed by atoms with Crippen molar-refractivity contribution in [3.8, 4) is 0 Å². The third kappa shape index (κ3) is 4.64. The van der Waals surface area contributed by atoms with E-state index in [1.807, 2.05) is 0 Å². The van der Waals surface area contributed by atoms with E-state index in [0.717, 1.165) is 23.6 Å². The van der Waals surface area contributed by atoms with Gasteiger partial charge in [0.2, 0.25) is 5.91 Å². The number of alkyl halides is 3. The summed E-state index contributed by atoms with van der Waals surface area (Å²) in [5.74, 6) is -0.953. The van der Waals surface area contributed by atoms with Crippen molar-refractivity contribution in [2.75, 3.05) is 5.32 Å². The Morgan fingerprint density at radius 3 is 2.53 bits per heavy atom. The molecule has 1 N–H and O–H groups in total. The van der Waals surface area contributed by atoms with Crippen LogP contribution in [-0.2, 0) is 24.1 Å². The molecule has 1 aliphatic carbocycles. The van der Waals surface area contributed by atoms with Crippen LogP contribution in [0.25, 0.3) is 0 Å². The molecule has 170 valence electrons. The van der Waals surface area contributed by atoms with E-state index >= 15 is 0 Å². The van der Waals surface area contributed by atoms with Gasteiger partial charge in [0, 0.05) is 16.6 Å². The summed E-state index contributed by atoms with van der Waals surface area (Å²) in [6.45, 7) is 3.38. The number of halogens is 5. The maximum atomic E-state index is 13.3. The molecule has 4 rings (SSSR count). The molecule has 32 heavy (non-hydrogen) atoms. The molecule has 0 saturated heterocycles. The highest BCUT2D eigenvalue weighted by molar-refractivity contribution is 6.31. The summed E-state index contributed by atoms with van der Waals surface area (Å²) in [5.41, 5.74) is 1.71. The van der Waals surface area contributed by atoms with Gasteiger partial charge in [-0.1, -0.05) is 17.7 Å². The van der Waals surface area contributed by atoms with Crippen LogP contribution in [0.2, 0.25) is 5.02 Å². The predicted octanol–water partition coefficient (Wildman–Crippen LogP) is 5.07. The van der Waals surface area contributed by atoms with Gasteiger partial charge in [0.05, 0.1) is 23.6 Å². The summed E-state index contributed by atoms with van der Waals surface area (Å²) in [6, 6.07) is 5.09. The van der Waals surface area contributed by atoms with Gasteiger partial charge in [-0.05, 0) is 50.5 Å². The van der Waals surface area contributed by atoms with E-state index in [-0.39, 0.29) is 24.0 Å². The number of aromatic nitrogens is 4. The van der Waals surface area contributed by atoms with Gasteiger partial charge in [-0.3, -0.25) is 14.2 Å². The Kier molecular flexibility index (Phi) is 5.74. The molecule has 2 heterocycles. The first-order valence-corrected chi connectivity index (χ1v) is 10.3. The van der Waals surface area contributed by atoms with Crippen molar-refractivity contribution in [2.45, 2.75) is 51.9 Å². The highest BCUT2D eigenvalue weighted by Crippen LogP contribution is 2.42. The number of nitrogens with zero attached hydrogens (tertiary/aromatic N) is 4. The van der Waals surface area contributed by atoms with Gasteiger partial charge in [-0.2, -0.15) is 23.4 Å². The summed E-state index contributed by atoms with van der Waals surface area (Å²) in [6.07, 6.45) is -3.01. The van der Waals surface area contributed by atoms with Crippen LogP contribution < -0.4 is 5.32 Å². The highest BCUT2D eigenvalue weighted by atomic mass is 35.5. The van der Waals surface area contributed by atoms with Crippen LogP contribution in [0.3, 0.4) is 0 Å². The van der Waals surface area contributed by atoms with E-state index < -0.39 is 23.6 Å². The summed E-state index contributed by atoms with van der Waals surface area (Å²) in [4.78, 5) is 12.6. The van der Waals surface area contributed by atoms with Gasteiger partial charge >= 0.3 is 6.18 Å². The molecular formula is C21H20ClF4N5O. The largest absolute Gasteiger partial charge is 0.435 e. The van der Waals surface area contributed by atoms with Gasteiger partial charge in [0.25, 0.3) is 0 Å². The molecule has 1 amide bonds. The molecule has 0 atom stereocenters. The molecule has 1 saturated carbocycles. The van der Waals surface area contributed by atoms with Crippen LogP contribution in [0.15, 0.2) is 24.3 Å². The zero-order chi connectivity index (χ0) is 23.2. The molecule has 2 aromatic heterocycles. The topological polar surface area (TPSA) is 64.7 Å². The zero-order valence-electron chi connectivity index (χ0n) is 17.3. The molecule has 1 aliphatic rings. The van der Waals surface area contributed by atoms with E-state index in [4.69, 9.17) is 11.6 Å². The molecule has 6 nitrogen and oxygen atoms in total. The Labute approximate surface area is 186 Å². The van der Waals surface area contributed by atoms with E-state index in [1.54, 1.807) is 24.6 Å². The minimum absolute atomic E-state index is 0.00178. The third-order valence-corrected chi connectivity index (χ3v) is 5.72. The Balaban J connectivity index is 1.51. The number of carbonyl (C=O) groups is 1. The molecular weight excluding hydrogens is 450 g/mol. The van der Waals surface area contributed by atoms with Crippen LogP contribution in [0.1, 0.15) is 47.1 Å². The van der Waals surface area contributed by atoms with Crippen LogP contribution in [-0.4, -0.2) is 25.5 Å². The Morgan fingerprint density at radius 2 is 1.91 bits per heavy atom. The third-order valence-electron chi connectivity index (χ3n) is 5.37. The molecule has 0 aliphatic heterocycles. The number of carbonyl (C=O) groups excluding carboxylic acids is 1. The number of hydrogen-bond acceptors (Lipinski definition) is 3. The number of aryl methyl sites for hydroxylation is 1. The molecule has 3 aromatic rings. The molecule has 11 heteroatoms. The van der Waals surface area contributed by atoms with Crippen LogP contribution in [0.5, 0.6) is 0 Å². The van der Waals surface area contributed by atoms with Crippen molar-refractivity contribution in [2.24, 2.45) is 0 Å². The van der Waals surface area contributed by atoms with Gasteiger partial charge in [-0.15, -0.1) is 0 Å². The number of anilines is 1. The van der Waals surface area contributed by atoms with Crippen LogP contribution >= 0.6 is 11.6 Å². The Morgan fingerprint density at radius 1 is 1.19 bits per heavy atom. The molecule has 0 bridgehead atoms. The van der Waals surface area contributed by atoms with E-state index in [1.165, 1.54) is 12.1 Å². The quantitative estimate of drug-likeness (QED) is 0.512. The molecule has 1 fully saturated rings. The fraction of sp³-hybridized carbons (Fsp3) is 0.381. The lowest BCUT2D eigenvalue weighted by Crippen LogP contribution is -2.22. The minimum Gasteiger partial charge on any atom is -0.321 e. The highest BCUT2D eigenvalue weighted by Gasteiger charge is 2.38. The van der Waals surface area contributed by atoms with Gasteiger partial charge in [0.1, 0.15) is 12.4 Å². The Bertz CT molecular complexity index is 1180. The lowest BCUT2D eigenvalue weighted by atomic mass is 10.2. The second-order valence-corrected chi connectivity index (χ2v) is 8.28. The van der Waals surface area contributed by atoms with E-state index in [2.05, 4.69) is 15.5 Å². The normalized spacial score (nSPS) is 14.1. The fourth-order valence-corrected chi connectivity index (χ4v) is 3.79. The molecule has 1 aromatic carbocycles. The first-order chi connectivity index (χ1) is 15.0. The van der Waals surface area contributed by atoms with Crippen LogP contribution in [0.4, 0.5) is 23.2 Å². The first kappa shape index (κ1) is 22.3.